The van der Waals surface area contributed by atoms with Crippen molar-refractivity contribution in [1.29, 1.82) is 0 Å². The van der Waals surface area contributed by atoms with Crippen molar-refractivity contribution in [3.05, 3.63) is 47.0 Å². The SMILES string of the molecule is CC1(C)C(NC(=O)c2ccccc2C(=O)O)CC[C@@]2(C)C1CC[C@@]1(C)C3CC[C@@]4(C)CC[C@](C)(C(=O)O)C[C@H]4C3=CC(=O)C12. The summed E-state index contributed by atoms with van der Waals surface area (Å²) >= 11 is 0. The van der Waals surface area contributed by atoms with Gasteiger partial charge in [-0.1, -0.05) is 52.3 Å². The van der Waals surface area contributed by atoms with E-state index >= 15 is 0 Å². The van der Waals surface area contributed by atoms with Crippen LogP contribution in [0.25, 0.3) is 0 Å². The van der Waals surface area contributed by atoms with Crippen LogP contribution in [-0.2, 0) is 9.59 Å². The molecular formula is C37H49NO6. The van der Waals surface area contributed by atoms with Crippen LogP contribution in [0.3, 0.4) is 0 Å². The second-order valence-corrected chi connectivity index (χ2v) is 16.7. The summed E-state index contributed by atoms with van der Waals surface area (Å²) in [7, 11) is 0. The molecule has 6 rings (SSSR count). The number of carboxylic acids is 2. The number of ketones is 1. The van der Waals surface area contributed by atoms with Crippen LogP contribution in [0, 0.1) is 50.7 Å². The van der Waals surface area contributed by atoms with Gasteiger partial charge >= 0.3 is 11.9 Å². The third kappa shape index (κ3) is 4.34. The molecule has 3 N–H and O–H groups in total. The van der Waals surface area contributed by atoms with E-state index in [2.05, 4.69) is 39.9 Å². The maximum atomic E-state index is 14.5. The molecular weight excluding hydrogens is 554 g/mol. The second kappa shape index (κ2) is 10.0. The quantitative estimate of drug-likeness (QED) is 0.336. The Balaban J connectivity index is 1.30. The molecule has 0 radical (unpaired) electrons. The highest BCUT2D eigenvalue weighted by atomic mass is 16.4. The predicted octanol–water partition coefficient (Wildman–Crippen LogP) is 7.16. The van der Waals surface area contributed by atoms with Crippen LogP contribution in [0.1, 0.15) is 120 Å². The Morgan fingerprint density at radius 2 is 1.45 bits per heavy atom. The van der Waals surface area contributed by atoms with E-state index in [9.17, 15) is 29.4 Å². The lowest BCUT2D eigenvalue weighted by molar-refractivity contribution is -0.173. The number of carbonyl (C=O) groups is 4. The van der Waals surface area contributed by atoms with Crippen LogP contribution >= 0.6 is 0 Å². The zero-order chi connectivity index (χ0) is 32.0. The fraction of sp³-hybridized carbons (Fsp3) is 0.676. The molecule has 7 heteroatoms. The lowest BCUT2D eigenvalue weighted by Crippen LogP contribution is -2.65. The smallest absolute Gasteiger partial charge is 0.336 e. The maximum absolute atomic E-state index is 14.5. The summed E-state index contributed by atoms with van der Waals surface area (Å²) in [6.07, 6.45) is 9.70. The normalized spacial score (nSPS) is 42.5. The number of carbonyl (C=O) groups excluding carboxylic acids is 2. The van der Waals surface area contributed by atoms with E-state index in [-0.39, 0.29) is 74.2 Å². The van der Waals surface area contributed by atoms with Gasteiger partial charge < -0.3 is 15.5 Å². The van der Waals surface area contributed by atoms with Crippen molar-refractivity contribution in [2.75, 3.05) is 0 Å². The zero-order valence-corrected chi connectivity index (χ0v) is 27.2. The fourth-order valence-electron chi connectivity index (χ4n) is 11.5. The number of nitrogens with one attached hydrogen (secondary N) is 1. The molecule has 7 nitrogen and oxygen atoms in total. The number of allylic oxidation sites excluding steroid dienone is 2. The summed E-state index contributed by atoms with van der Waals surface area (Å²) in [6, 6.07) is 6.20. The molecule has 4 saturated carbocycles. The molecule has 1 aromatic carbocycles. The average molecular weight is 604 g/mol. The highest BCUT2D eigenvalue weighted by Crippen LogP contribution is 2.71. The highest BCUT2D eigenvalue weighted by Gasteiger charge is 2.67. The van der Waals surface area contributed by atoms with Crippen LogP contribution in [-0.4, -0.2) is 39.9 Å². The van der Waals surface area contributed by atoms with Crippen molar-refractivity contribution in [1.82, 2.24) is 5.32 Å². The Labute approximate surface area is 261 Å². The van der Waals surface area contributed by atoms with Crippen LogP contribution in [0.5, 0.6) is 0 Å². The minimum atomic E-state index is -1.12. The molecule has 9 atom stereocenters. The Morgan fingerprint density at radius 3 is 2.11 bits per heavy atom. The molecule has 5 aliphatic carbocycles. The number of rotatable bonds is 4. The van der Waals surface area contributed by atoms with Gasteiger partial charge in [0.25, 0.3) is 5.91 Å². The van der Waals surface area contributed by atoms with Crippen LogP contribution in [0.4, 0.5) is 0 Å². The monoisotopic (exact) mass is 603 g/mol. The third-order valence-corrected chi connectivity index (χ3v) is 14.0. The van der Waals surface area contributed by atoms with Gasteiger partial charge in [0.05, 0.1) is 16.5 Å². The van der Waals surface area contributed by atoms with E-state index in [1.54, 1.807) is 18.2 Å². The third-order valence-electron chi connectivity index (χ3n) is 14.0. The largest absolute Gasteiger partial charge is 0.481 e. The second-order valence-electron chi connectivity index (χ2n) is 16.7. The molecule has 0 spiro atoms. The van der Waals surface area contributed by atoms with Crippen molar-refractivity contribution < 1.29 is 29.4 Å². The Kier molecular flexibility index (Phi) is 7.07. The minimum Gasteiger partial charge on any atom is -0.481 e. The van der Waals surface area contributed by atoms with Crippen LogP contribution in [0.2, 0.25) is 0 Å². The highest BCUT2D eigenvalue weighted by molar-refractivity contribution is 6.04. The Hall–Kier alpha value is -2.96. The van der Waals surface area contributed by atoms with Gasteiger partial charge in [-0.3, -0.25) is 14.4 Å². The first-order chi connectivity index (χ1) is 20.5. The van der Waals surface area contributed by atoms with Gasteiger partial charge in [-0.15, -0.1) is 0 Å². The number of hydrogen-bond acceptors (Lipinski definition) is 4. The lowest BCUT2D eigenvalue weighted by Gasteiger charge is -2.67. The van der Waals surface area contributed by atoms with Gasteiger partial charge in [-0.05, 0) is 122 Å². The van der Waals surface area contributed by atoms with E-state index in [4.69, 9.17) is 0 Å². The van der Waals surface area contributed by atoms with E-state index in [1.807, 2.05) is 13.0 Å². The predicted molar refractivity (Wildman–Crippen MR) is 167 cm³/mol. The van der Waals surface area contributed by atoms with Crippen molar-refractivity contribution in [3.63, 3.8) is 0 Å². The fourth-order valence-corrected chi connectivity index (χ4v) is 11.5. The number of carboxylic acid groups (broad SMARTS) is 2. The number of amides is 1. The number of fused-ring (bicyclic) bond motifs is 7. The number of hydrogen-bond donors (Lipinski definition) is 3. The molecule has 44 heavy (non-hydrogen) atoms. The van der Waals surface area contributed by atoms with E-state index in [0.29, 0.717) is 12.8 Å². The molecule has 0 aromatic heterocycles. The Morgan fingerprint density at radius 1 is 0.795 bits per heavy atom. The van der Waals surface area contributed by atoms with Gasteiger partial charge in [-0.2, -0.15) is 0 Å². The van der Waals surface area contributed by atoms with Gasteiger partial charge in [0.1, 0.15) is 0 Å². The molecule has 4 unspecified atom stereocenters. The van der Waals surface area contributed by atoms with Crippen LogP contribution < -0.4 is 5.32 Å². The van der Waals surface area contributed by atoms with E-state index in [0.717, 1.165) is 44.9 Å². The standard InChI is InChI=1S/C37H49NO6/c1-33(2)27-12-15-36(5)24-11-14-34(3)17-18-35(4,32(43)44)20-25(34)23(24)19-26(39)29(36)37(27,6)16-13-28(33)38-30(40)21-9-7-8-10-22(21)31(41)42/h7-10,19,24-25,27-29H,11-18,20H2,1-6H3,(H,38,40)(H,41,42)(H,43,44)/t24?,25-,27?,28?,29?,34-,35-,36-,37-/m0/s1. The first-order valence-electron chi connectivity index (χ1n) is 16.6. The summed E-state index contributed by atoms with van der Waals surface area (Å²) in [4.78, 5) is 52.0. The number of aromatic carboxylic acids is 1. The average Bonchev–Trinajstić information content (AvgIpc) is 2.94. The molecule has 1 aromatic rings. The molecule has 0 heterocycles. The first kappa shape index (κ1) is 31.0. The van der Waals surface area contributed by atoms with Crippen LogP contribution in [0.15, 0.2) is 35.9 Å². The van der Waals surface area contributed by atoms with Gasteiger partial charge in [-0.25, -0.2) is 4.79 Å². The number of benzene rings is 1. The molecule has 0 aliphatic heterocycles. The minimum absolute atomic E-state index is 0.00232. The van der Waals surface area contributed by atoms with Crippen molar-refractivity contribution in [3.8, 4) is 0 Å². The molecule has 0 saturated heterocycles. The topological polar surface area (TPSA) is 121 Å². The summed E-state index contributed by atoms with van der Waals surface area (Å²) in [5.41, 5.74) is -0.0347. The first-order valence-corrected chi connectivity index (χ1v) is 16.6. The molecule has 4 fully saturated rings. The number of aliphatic carboxylic acids is 1. The lowest BCUT2D eigenvalue weighted by atomic mass is 9.36. The van der Waals surface area contributed by atoms with E-state index < -0.39 is 17.4 Å². The van der Waals surface area contributed by atoms with Gasteiger partial charge in [0, 0.05) is 12.0 Å². The summed E-state index contributed by atoms with van der Waals surface area (Å²) in [6.45, 7) is 13.3. The molecule has 238 valence electrons. The Bertz CT molecular complexity index is 1460. The molecule has 1 amide bonds. The van der Waals surface area contributed by atoms with Gasteiger partial charge in [0.15, 0.2) is 5.78 Å². The van der Waals surface area contributed by atoms with E-state index in [1.165, 1.54) is 11.6 Å². The summed E-state index contributed by atoms with van der Waals surface area (Å²) in [5.74, 6) is -1.50. The summed E-state index contributed by atoms with van der Waals surface area (Å²) < 4.78 is 0. The van der Waals surface area contributed by atoms with Crippen molar-refractivity contribution in [2.24, 2.45) is 50.7 Å². The maximum Gasteiger partial charge on any atom is 0.336 e. The van der Waals surface area contributed by atoms with Crippen molar-refractivity contribution in [2.45, 2.75) is 105 Å². The zero-order valence-electron chi connectivity index (χ0n) is 27.2. The summed E-state index contributed by atoms with van der Waals surface area (Å²) in [5, 5.41) is 23.0. The molecule has 0 bridgehead atoms. The van der Waals surface area contributed by atoms with Gasteiger partial charge in [0.2, 0.25) is 0 Å². The molecule has 5 aliphatic rings. The van der Waals surface area contributed by atoms with Crippen molar-refractivity contribution >= 4 is 23.6 Å².